The maximum Gasteiger partial charge on any atom is 0.240 e. The number of hydrogen-bond acceptors (Lipinski definition) is 4. The smallest absolute Gasteiger partial charge is 0.240 e. The average Bonchev–Trinajstić information content (AvgIpc) is 2.46. The van der Waals surface area contributed by atoms with E-state index in [0.717, 1.165) is 12.8 Å². The van der Waals surface area contributed by atoms with Crippen molar-refractivity contribution in [3.63, 3.8) is 0 Å². The van der Waals surface area contributed by atoms with Gasteiger partial charge in [-0.15, -0.1) is 0 Å². The van der Waals surface area contributed by atoms with Crippen molar-refractivity contribution in [2.75, 3.05) is 19.8 Å². The first-order valence-corrected chi connectivity index (χ1v) is 7.54. The molecule has 1 saturated heterocycles. The minimum Gasteiger partial charge on any atom is -0.381 e. The summed E-state index contributed by atoms with van der Waals surface area (Å²) in [4.78, 5) is 23.9. The summed E-state index contributed by atoms with van der Waals surface area (Å²) < 4.78 is 5.20. The average molecular weight is 283 g/mol. The van der Waals surface area contributed by atoms with Crippen molar-refractivity contribution in [2.24, 2.45) is 5.73 Å². The zero-order valence-corrected chi connectivity index (χ0v) is 12.0. The third-order valence-electron chi connectivity index (χ3n) is 4.22. The first-order chi connectivity index (χ1) is 9.60. The van der Waals surface area contributed by atoms with Crippen molar-refractivity contribution in [3.8, 4) is 0 Å². The molecule has 0 aromatic heterocycles. The molecular formula is C14H25N3O3. The molecular weight excluding hydrogens is 258 g/mol. The fourth-order valence-electron chi connectivity index (χ4n) is 2.82. The second kappa shape index (κ2) is 7.04. The lowest BCUT2D eigenvalue weighted by Crippen LogP contribution is -2.58. The second-order valence-corrected chi connectivity index (χ2v) is 5.85. The molecule has 114 valence electrons. The fraction of sp³-hybridized carbons (Fsp3) is 0.857. The molecule has 6 nitrogen and oxygen atoms in total. The van der Waals surface area contributed by atoms with Crippen molar-refractivity contribution >= 4 is 11.8 Å². The topological polar surface area (TPSA) is 93.5 Å². The Labute approximate surface area is 119 Å². The molecule has 2 aliphatic rings. The molecule has 0 atom stereocenters. The van der Waals surface area contributed by atoms with Gasteiger partial charge >= 0.3 is 0 Å². The number of carbonyl (C=O) groups is 2. The van der Waals surface area contributed by atoms with Crippen LogP contribution in [0.15, 0.2) is 0 Å². The van der Waals surface area contributed by atoms with Crippen molar-refractivity contribution in [3.05, 3.63) is 0 Å². The number of amides is 2. The van der Waals surface area contributed by atoms with Gasteiger partial charge in [0.15, 0.2) is 0 Å². The standard InChI is InChI=1S/C14H25N3O3/c15-14(6-8-20-9-7-14)13(19)16-10-12(18)17-11-4-2-1-3-5-11/h11H,1-10,15H2,(H,16,19)(H,17,18). The van der Waals surface area contributed by atoms with Crippen LogP contribution in [0.2, 0.25) is 0 Å². The third kappa shape index (κ3) is 4.18. The lowest BCUT2D eigenvalue weighted by molar-refractivity contribution is -0.132. The van der Waals surface area contributed by atoms with Gasteiger partial charge in [-0.2, -0.15) is 0 Å². The van der Waals surface area contributed by atoms with Gasteiger partial charge in [0, 0.05) is 19.3 Å². The number of nitrogens with two attached hydrogens (primary N) is 1. The Morgan fingerprint density at radius 3 is 2.45 bits per heavy atom. The van der Waals surface area contributed by atoms with Crippen LogP contribution in [0.1, 0.15) is 44.9 Å². The van der Waals surface area contributed by atoms with Crippen LogP contribution in [-0.2, 0) is 14.3 Å². The predicted octanol–water partition coefficient (Wildman–Crippen LogP) is 0.0594. The second-order valence-electron chi connectivity index (χ2n) is 5.85. The molecule has 0 spiro atoms. The summed E-state index contributed by atoms with van der Waals surface area (Å²) >= 11 is 0. The van der Waals surface area contributed by atoms with E-state index in [9.17, 15) is 9.59 Å². The van der Waals surface area contributed by atoms with Gasteiger partial charge in [0.1, 0.15) is 0 Å². The molecule has 0 bridgehead atoms. The molecule has 6 heteroatoms. The molecule has 1 aliphatic heterocycles. The normalized spacial score (nSPS) is 23.1. The first kappa shape index (κ1) is 15.3. The van der Waals surface area contributed by atoms with E-state index < -0.39 is 5.54 Å². The fourth-order valence-corrected chi connectivity index (χ4v) is 2.82. The molecule has 1 aliphatic carbocycles. The highest BCUT2D eigenvalue weighted by Crippen LogP contribution is 2.18. The zero-order valence-electron chi connectivity index (χ0n) is 12.0. The molecule has 0 unspecified atom stereocenters. The van der Waals surface area contributed by atoms with Gasteiger partial charge in [-0.25, -0.2) is 0 Å². The van der Waals surface area contributed by atoms with Crippen molar-refractivity contribution in [2.45, 2.75) is 56.5 Å². The van der Waals surface area contributed by atoms with Gasteiger partial charge in [0.25, 0.3) is 0 Å². The Bertz CT molecular complexity index is 348. The van der Waals surface area contributed by atoms with E-state index in [-0.39, 0.29) is 24.4 Å². The monoisotopic (exact) mass is 283 g/mol. The maximum absolute atomic E-state index is 12.0. The minimum absolute atomic E-state index is 0.00907. The molecule has 2 fully saturated rings. The Morgan fingerprint density at radius 2 is 1.80 bits per heavy atom. The molecule has 2 rings (SSSR count). The summed E-state index contributed by atoms with van der Waals surface area (Å²) in [6, 6.07) is 0.267. The Hall–Kier alpha value is -1.14. The highest BCUT2D eigenvalue weighted by molar-refractivity contribution is 5.90. The molecule has 1 heterocycles. The van der Waals surface area contributed by atoms with E-state index in [4.69, 9.17) is 10.5 Å². The largest absolute Gasteiger partial charge is 0.381 e. The number of ether oxygens (including phenoxy) is 1. The van der Waals surface area contributed by atoms with Gasteiger partial charge in [0.05, 0.1) is 12.1 Å². The highest BCUT2D eigenvalue weighted by atomic mass is 16.5. The number of carbonyl (C=O) groups excluding carboxylic acids is 2. The van der Waals surface area contributed by atoms with E-state index in [1.54, 1.807) is 0 Å². The summed E-state index contributed by atoms with van der Waals surface area (Å²) in [5, 5.41) is 5.62. The molecule has 20 heavy (non-hydrogen) atoms. The molecule has 0 aromatic carbocycles. The van der Waals surface area contributed by atoms with Crippen LogP contribution in [0.5, 0.6) is 0 Å². The van der Waals surface area contributed by atoms with Crippen molar-refractivity contribution in [1.29, 1.82) is 0 Å². The molecule has 4 N–H and O–H groups in total. The highest BCUT2D eigenvalue weighted by Gasteiger charge is 2.35. The summed E-state index contributed by atoms with van der Waals surface area (Å²) in [5.74, 6) is -0.375. The Balaban J connectivity index is 1.70. The van der Waals surface area contributed by atoms with Crippen LogP contribution in [0, 0.1) is 0 Å². The van der Waals surface area contributed by atoms with E-state index in [1.165, 1.54) is 19.3 Å². The van der Waals surface area contributed by atoms with Gasteiger partial charge < -0.3 is 21.1 Å². The molecule has 2 amide bonds. The van der Waals surface area contributed by atoms with Gasteiger partial charge in [-0.05, 0) is 25.7 Å². The number of nitrogens with one attached hydrogen (secondary N) is 2. The van der Waals surface area contributed by atoms with Gasteiger partial charge in [-0.3, -0.25) is 9.59 Å². The Kier molecular flexibility index (Phi) is 5.37. The lowest BCUT2D eigenvalue weighted by atomic mass is 9.90. The van der Waals surface area contributed by atoms with Crippen LogP contribution in [0.3, 0.4) is 0 Å². The van der Waals surface area contributed by atoms with Crippen LogP contribution in [0.4, 0.5) is 0 Å². The molecule has 0 radical (unpaired) electrons. The van der Waals surface area contributed by atoms with Crippen LogP contribution in [0.25, 0.3) is 0 Å². The van der Waals surface area contributed by atoms with E-state index in [0.29, 0.717) is 26.1 Å². The molecule has 1 saturated carbocycles. The summed E-state index contributed by atoms with van der Waals surface area (Å²) in [7, 11) is 0. The minimum atomic E-state index is -0.886. The summed E-state index contributed by atoms with van der Waals surface area (Å²) in [5.41, 5.74) is 5.16. The molecule has 0 aromatic rings. The van der Waals surface area contributed by atoms with Crippen molar-refractivity contribution < 1.29 is 14.3 Å². The van der Waals surface area contributed by atoms with Crippen LogP contribution in [-0.4, -0.2) is 43.2 Å². The Morgan fingerprint density at radius 1 is 1.15 bits per heavy atom. The number of hydrogen-bond donors (Lipinski definition) is 3. The maximum atomic E-state index is 12.0. The van der Waals surface area contributed by atoms with Gasteiger partial charge in [0.2, 0.25) is 11.8 Å². The van der Waals surface area contributed by atoms with Crippen LogP contribution >= 0.6 is 0 Å². The number of rotatable bonds is 4. The predicted molar refractivity (Wildman–Crippen MR) is 75.0 cm³/mol. The first-order valence-electron chi connectivity index (χ1n) is 7.54. The SMILES string of the molecule is NC1(C(=O)NCC(=O)NC2CCCCC2)CCOCC1. The van der Waals surface area contributed by atoms with E-state index in [2.05, 4.69) is 10.6 Å². The summed E-state index contributed by atoms with van der Waals surface area (Å²) in [6.07, 6.45) is 6.68. The van der Waals surface area contributed by atoms with E-state index in [1.807, 2.05) is 0 Å². The zero-order chi connectivity index (χ0) is 14.4. The lowest BCUT2D eigenvalue weighted by Gasteiger charge is -2.31. The summed E-state index contributed by atoms with van der Waals surface area (Å²) in [6.45, 7) is 1.01. The van der Waals surface area contributed by atoms with E-state index >= 15 is 0 Å². The van der Waals surface area contributed by atoms with Gasteiger partial charge in [-0.1, -0.05) is 19.3 Å². The third-order valence-corrected chi connectivity index (χ3v) is 4.22. The quantitative estimate of drug-likeness (QED) is 0.680. The van der Waals surface area contributed by atoms with Crippen molar-refractivity contribution in [1.82, 2.24) is 10.6 Å². The van der Waals surface area contributed by atoms with Crippen LogP contribution < -0.4 is 16.4 Å².